The second kappa shape index (κ2) is 14.6. The molecule has 0 aliphatic rings. The van der Waals surface area contributed by atoms with Crippen molar-refractivity contribution >= 4 is 62.1 Å². The van der Waals surface area contributed by atoms with E-state index in [4.69, 9.17) is 16.3 Å². The predicted octanol–water partition coefficient (Wildman–Crippen LogP) is 5.71. The van der Waals surface area contributed by atoms with Gasteiger partial charge in [-0.3, -0.25) is 9.59 Å². The number of para-hydroxylation sites is 1. The zero-order chi connectivity index (χ0) is 34.5. The number of anilines is 5. The molecule has 1 heterocycles. The van der Waals surface area contributed by atoms with E-state index >= 15 is 0 Å². The van der Waals surface area contributed by atoms with E-state index in [1.54, 1.807) is 50.2 Å². The van der Waals surface area contributed by atoms with Gasteiger partial charge in [-0.25, -0.2) is 13.4 Å². The Morgan fingerprint density at radius 1 is 0.957 bits per heavy atom. The van der Waals surface area contributed by atoms with Crippen molar-refractivity contribution in [2.24, 2.45) is 0 Å². The van der Waals surface area contributed by atoms with E-state index in [-0.39, 0.29) is 44.6 Å². The van der Waals surface area contributed by atoms with Crippen LogP contribution in [0.25, 0.3) is 0 Å². The van der Waals surface area contributed by atoms with Crippen LogP contribution >= 0.6 is 11.6 Å². The summed E-state index contributed by atoms with van der Waals surface area (Å²) in [4.78, 5) is 34.2. The Hall–Kier alpha value is -5.08. The summed E-state index contributed by atoms with van der Waals surface area (Å²) in [5.41, 5.74) is 1.42. The number of carbonyl (C=O) groups is 2. The van der Waals surface area contributed by atoms with Crippen LogP contribution in [0.4, 0.5) is 28.8 Å². The third kappa shape index (κ3) is 8.20. The number of rotatable bonds is 12. The van der Waals surface area contributed by atoms with E-state index in [2.05, 4.69) is 31.2 Å². The van der Waals surface area contributed by atoms with E-state index in [0.29, 0.717) is 22.7 Å². The number of benzene rings is 3. The van der Waals surface area contributed by atoms with E-state index in [0.717, 1.165) is 6.07 Å². The standard InChI is InChI=1S/C32H35ClN6O7S/c1-17(2)20-13-21(26(41)14-25(20)40)31(43)34-16-29(42)37-24-12-19(10-11-27(24)46-5)36-32-35-15-22(33)30(39-32)38-23-8-6-7-9-28(23)47(44,45)18(3)4/h6-15,17-18,40-41H,16H2,1-5H3,(H,34,43)(H,37,42)(H2,35,36,38,39). The summed E-state index contributed by atoms with van der Waals surface area (Å²) in [5.74, 6) is -1.33. The lowest BCUT2D eigenvalue weighted by Crippen LogP contribution is -2.33. The minimum Gasteiger partial charge on any atom is -0.508 e. The number of aromatic hydroxyl groups is 2. The predicted molar refractivity (Wildman–Crippen MR) is 180 cm³/mol. The number of nitrogens with one attached hydrogen (secondary N) is 4. The van der Waals surface area contributed by atoms with Gasteiger partial charge in [-0.05, 0) is 61.7 Å². The summed E-state index contributed by atoms with van der Waals surface area (Å²) in [7, 11) is -2.18. The molecule has 3 aromatic carbocycles. The second-order valence-corrected chi connectivity index (χ2v) is 13.8. The van der Waals surface area contributed by atoms with Crippen molar-refractivity contribution < 1.29 is 33.0 Å². The number of hydrogen-bond acceptors (Lipinski definition) is 11. The molecule has 0 aliphatic carbocycles. The highest BCUT2D eigenvalue weighted by Crippen LogP contribution is 2.34. The van der Waals surface area contributed by atoms with Crippen molar-refractivity contribution in [3.8, 4) is 17.2 Å². The molecule has 1 aromatic heterocycles. The van der Waals surface area contributed by atoms with Gasteiger partial charge in [0.25, 0.3) is 5.91 Å². The molecule has 0 fully saturated rings. The van der Waals surface area contributed by atoms with Gasteiger partial charge in [-0.15, -0.1) is 0 Å². The summed E-state index contributed by atoms with van der Waals surface area (Å²) in [5, 5.41) is 30.9. The van der Waals surface area contributed by atoms with Crippen LogP contribution in [0.1, 0.15) is 49.5 Å². The normalized spacial score (nSPS) is 11.3. The van der Waals surface area contributed by atoms with Gasteiger partial charge in [-0.2, -0.15) is 4.98 Å². The molecular weight excluding hydrogens is 648 g/mol. The Bertz CT molecular complexity index is 1920. The molecular formula is C32H35ClN6O7S. The Balaban J connectivity index is 1.49. The number of hydrogen-bond donors (Lipinski definition) is 6. The average molecular weight is 683 g/mol. The number of phenolic OH excluding ortho intramolecular Hbond substituents is 2. The number of methoxy groups -OCH3 is 1. The van der Waals surface area contributed by atoms with Gasteiger partial charge in [0.05, 0.1) is 46.9 Å². The van der Waals surface area contributed by atoms with Gasteiger partial charge in [0.2, 0.25) is 11.9 Å². The highest BCUT2D eigenvalue weighted by Gasteiger charge is 2.23. The number of halogens is 1. The van der Waals surface area contributed by atoms with Crippen molar-refractivity contribution in [3.63, 3.8) is 0 Å². The summed E-state index contributed by atoms with van der Waals surface area (Å²) < 4.78 is 31.2. The lowest BCUT2D eigenvalue weighted by Gasteiger charge is -2.16. The molecule has 47 heavy (non-hydrogen) atoms. The van der Waals surface area contributed by atoms with Crippen LogP contribution in [0, 0.1) is 0 Å². The van der Waals surface area contributed by atoms with Crippen molar-refractivity contribution in [3.05, 3.63) is 76.9 Å². The van der Waals surface area contributed by atoms with Gasteiger partial charge < -0.3 is 36.2 Å². The van der Waals surface area contributed by atoms with Crippen LogP contribution in [0.15, 0.2) is 65.7 Å². The fourth-order valence-electron chi connectivity index (χ4n) is 4.42. The Morgan fingerprint density at radius 2 is 1.68 bits per heavy atom. The number of carbonyl (C=O) groups excluding carboxylic acids is 2. The highest BCUT2D eigenvalue weighted by atomic mass is 35.5. The van der Waals surface area contributed by atoms with Gasteiger partial charge in [0, 0.05) is 11.8 Å². The van der Waals surface area contributed by atoms with Crippen LogP contribution < -0.4 is 26.0 Å². The Kier molecular flexibility index (Phi) is 10.8. The third-order valence-corrected chi connectivity index (χ3v) is 9.45. The molecule has 4 rings (SSSR count). The molecule has 0 saturated carbocycles. The quantitative estimate of drug-likeness (QED) is 0.107. The third-order valence-electron chi connectivity index (χ3n) is 6.96. The zero-order valence-electron chi connectivity index (χ0n) is 26.3. The van der Waals surface area contributed by atoms with Crippen LogP contribution in [-0.2, 0) is 14.6 Å². The SMILES string of the molecule is COc1ccc(Nc2ncc(Cl)c(Nc3ccccc3S(=O)(=O)C(C)C)n2)cc1NC(=O)CNC(=O)c1cc(C(C)C)c(O)cc1O. The van der Waals surface area contributed by atoms with Gasteiger partial charge in [-0.1, -0.05) is 37.6 Å². The molecule has 2 amide bonds. The molecule has 4 aromatic rings. The maximum atomic E-state index is 12.9. The molecule has 6 N–H and O–H groups in total. The maximum absolute atomic E-state index is 12.9. The lowest BCUT2D eigenvalue weighted by molar-refractivity contribution is -0.115. The summed E-state index contributed by atoms with van der Waals surface area (Å²) in [6, 6.07) is 13.7. The number of aromatic nitrogens is 2. The van der Waals surface area contributed by atoms with Crippen LogP contribution in [0.3, 0.4) is 0 Å². The molecule has 248 valence electrons. The smallest absolute Gasteiger partial charge is 0.255 e. The largest absolute Gasteiger partial charge is 0.508 e. The first-order chi connectivity index (χ1) is 22.2. The first kappa shape index (κ1) is 34.8. The zero-order valence-corrected chi connectivity index (χ0v) is 27.8. The lowest BCUT2D eigenvalue weighted by atomic mass is 9.98. The van der Waals surface area contributed by atoms with Crippen molar-refractivity contribution in [1.29, 1.82) is 0 Å². The van der Waals surface area contributed by atoms with Crippen molar-refractivity contribution in [1.82, 2.24) is 15.3 Å². The van der Waals surface area contributed by atoms with E-state index in [1.165, 1.54) is 25.4 Å². The molecule has 15 heteroatoms. The summed E-state index contributed by atoms with van der Waals surface area (Å²) in [6.07, 6.45) is 1.35. The first-order valence-electron chi connectivity index (χ1n) is 14.4. The van der Waals surface area contributed by atoms with E-state index in [9.17, 15) is 28.2 Å². The first-order valence-corrected chi connectivity index (χ1v) is 16.3. The van der Waals surface area contributed by atoms with Crippen LogP contribution in [-0.4, -0.2) is 59.3 Å². The monoisotopic (exact) mass is 682 g/mol. The molecule has 13 nitrogen and oxygen atoms in total. The molecule has 0 aliphatic heterocycles. The number of ether oxygens (including phenoxy) is 1. The van der Waals surface area contributed by atoms with Crippen molar-refractivity contribution in [2.75, 3.05) is 29.6 Å². The number of phenols is 2. The average Bonchev–Trinajstić information content (AvgIpc) is 3.01. The van der Waals surface area contributed by atoms with Gasteiger partial charge in [0.1, 0.15) is 22.3 Å². The molecule has 0 saturated heterocycles. The minimum atomic E-state index is -3.61. The number of amides is 2. The van der Waals surface area contributed by atoms with Gasteiger partial charge in [0.15, 0.2) is 15.7 Å². The fraction of sp³-hybridized carbons (Fsp3) is 0.250. The highest BCUT2D eigenvalue weighted by molar-refractivity contribution is 7.92. The molecule has 0 bridgehead atoms. The Labute approximate surface area is 277 Å². The molecule has 0 spiro atoms. The second-order valence-electron chi connectivity index (χ2n) is 11.0. The Morgan fingerprint density at radius 3 is 2.36 bits per heavy atom. The molecule has 0 atom stereocenters. The van der Waals surface area contributed by atoms with Gasteiger partial charge >= 0.3 is 0 Å². The number of nitrogens with zero attached hydrogens (tertiary/aromatic N) is 2. The van der Waals surface area contributed by atoms with Crippen LogP contribution in [0.5, 0.6) is 17.2 Å². The molecule has 0 radical (unpaired) electrons. The van der Waals surface area contributed by atoms with E-state index in [1.807, 2.05) is 13.8 Å². The summed E-state index contributed by atoms with van der Waals surface area (Å²) in [6.45, 7) is 6.42. The molecule has 0 unspecified atom stereocenters. The minimum absolute atomic E-state index is 0.0788. The summed E-state index contributed by atoms with van der Waals surface area (Å²) >= 11 is 6.34. The van der Waals surface area contributed by atoms with Crippen molar-refractivity contribution in [2.45, 2.75) is 43.8 Å². The van der Waals surface area contributed by atoms with E-state index < -0.39 is 39.2 Å². The van der Waals surface area contributed by atoms with Crippen LogP contribution in [0.2, 0.25) is 5.02 Å². The fourth-order valence-corrected chi connectivity index (χ4v) is 5.76. The topological polar surface area (TPSA) is 192 Å². The number of sulfone groups is 1. The maximum Gasteiger partial charge on any atom is 0.255 e.